The average Bonchev–Trinajstić information content (AvgIpc) is 2.54. The highest BCUT2D eigenvalue weighted by Crippen LogP contribution is 2.19. The van der Waals surface area contributed by atoms with E-state index in [2.05, 4.69) is 6.92 Å². The zero-order valence-corrected chi connectivity index (χ0v) is 13.5. The Kier molecular flexibility index (Phi) is 6.18. The molecule has 23 heavy (non-hydrogen) atoms. The Labute approximate surface area is 135 Å². The highest BCUT2D eigenvalue weighted by Gasteiger charge is 2.00. The van der Waals surface area contributed by atoms with Gasteiger partial charge in [0.1, 0.15) is 17.9 Å². The zero-order chi connectivity index (χ0) is 16.7. The number of aliphatic hydroxyl groups excluding tert-OH is 1. The van der Waals surface area contributed by atoms with Crippen LogP contribution in [0.4, 0.5) is 0 Å². The van der Waals surface area contributed by atoms with Gasteiger partial charge < -0.3 is 14.3 Å². The third kappa shape index (κ3) is 5.42. The van der Waals surface area contributed by atoms with Gasteiger partial charge in [-0.15, -0.1) is 0 Å². The average molecular weight is 314 g/mol. The Morgan fingerprint density at radius 3 is 2.74 bits per heavy atom. The fourth-order valence-corrected chi connectivity index (χ4v) is 2.12. The smallest absolute Gasteiger partial charge is 0.336 e. The third-order valence-electron chi connectivity index (χ3n) is 3.56. The van der Waals surface area contributed by atoms with Crippen molar-refractivity contribution < 1.29 is 14.3 Å². The minimum atomic E-state index is -0.364. The summed E-state index contributed by atoms with van der Waals surface area (Å²) in [6, 6.07) is 8.59. The Morgan fingerprint density at radius 1 is 1.17 bits per heavy atom. The van der Waals surface area contributed by atoms with Crippen LogP contribution in [-0.2, 0) is 0 Å². The van der Waals surface area contributed by atoms with Gasteiger partial charge in [0.15, 0.2) is 0 Å². The normalized spacial score (nSPS) is 12.7. The molecule has 0 spiro atoms. The van der Waals surface area contributed by atoms with Crippen molar-refractivity contribution in [2.45, 2.75) is 26.7 Å². The van der Waals surface area contributed by atoms with Gasteiger partial charge in [-0.3, -0.25) is 0 Å². The molecule has 1 N–H and O–H groups in total. The number of ether oxygens (including phenoxy) is 1. The van der Waals surface area contributed by atoms with Crippen molar-refractivity contribution in [3.05, 3.63) is 64.1 Å². The van der Waals surface area contributed by atoms with Gasteiger partial charge in [0, 0.05) is 17.5 Å². The SMILES string of the molecule is CC(=CCCC(C)=CCOc1ccc2ccc(=O)oc2c1)CO. The summed E-state index contributed by atoms with van der Waals surface area (Å²) in [5, 5.41) is 9.80. The predicted molar refractivity (Wildman–Crippen MR) is 91.8 cm³/mol. The number of allylic oxidation sites excluding steroid dienone is 2. The molecule has 0 amide bonds. The van der Waals surface area contributed by atoms with E-state index in [1.54, 1.807) is 12.1 Å². The molecular weight excluding hydrogens is 292 g/mol. The van der Waals surface area contributed by atoms with Crippen molar-refractivity contribution in [2.24, 2.45) is 0 Å². The van der Waals surface area contributed by atoms with Crippen molar-refractivity contribution in [2.75, 3.05) is 13.2 Å². The Bertz CT molecular complexity index is 768. The Hall–Kier alpha value is -2.33. The van der Waals surface area contributed by atoms with Crippen LogP contribution >= 0.6 is 0 Å². The van der Waals surface area contributed by atoms with Gasteiger partial charge in [-0.25, -0.2) is 4.79 Å². The molecule has 0 aliphatic rings. The summed E-state index contributed by atoms with van der Waals surface area (Å²) >= 11 is 0. The van der Waals surface area contributed by atoms with E-state index in [1.807, 2.05) is 31.2 Å². The molecule has 1 heterocycles. The summed E-state index contributed by atoms with van der Waals surface area (Å²) in [5.41, 5.74) is 2.39. The molecule has 0 aliphatic heterocycles. The molecule has 0 radical (unpaired) electrons. The van der Waals surface area contributed by atoms with Gasteiger partial charge in [0.2, 0.25) is 0 Å². The van der Waals surface area contributed by atoms with Gasteiger partial charge in [-0.1, -0.05) is 17.2 Å². The van der Waals surface area contributed by atoms with E-state index < -0.39 is 0 Å². The van der Waals surface area contributed by atoms with Crippen molar-refractivity contribution >= 4 is 11.0 Å². The molecule has 122 valence electrons. The lowest BCUT2D eigenvalue weighted by atomic mass is 10.1. The summed E-state index contributed by atoms with van der Waals surface area (Å²) in [7, 11) is 0. The van der Waals surface area contributed by atoms with E-state index in [9.17, 15) is 4.79 Å². The van der Waals surface area contributed by atoms with Crippen LogP contribution in [0.2, 0.25) is 0 Å². The number of rotatable bonds is 7. The van der Waals surface area contributed by atoms with Crippen molar-refractivity contribution in [3.8, 4) is 5.75 Å². The first-order valence-electron chi connectivity index (χ1n) is 7.67. The summed E-state index contributed by atoms with van der Waals surface area (Å²) in [6.07, 6.45) is 5.93. The molecule has 0 atom stereocenters. The van der Waals surface area contributed by atoms with Crippen LogP contribution in [0.15, 0.2) is 62.8 Å². The van der Waals surface area contributed by atoms with Crippen LogP contribution in [0.5, 0.6) is 5.75 Å². The maximum absolute atomic E-state index is 11.2. The monoisotopic (exact) mass is 314 g/mol. The standard InChI is InChI=1S/C19H22O4/c1-14(4-3-5-15(2)13-20)10-11-22-17-8-6-16-7-9-19(21)23-18(16)12-17/h5-10,12,20H,3-4,11,13H2,1-2H3. The molecule has 0 saturated heterocycles. The minimum absolute atomic E-state index is 0.115. The number of fused-ring (bicyclic) bond motifs is 1. The number of hydrogen-bond donors (Lipinski definition) is 1. The topological polar surface area (TPSA) is 59.7 Å². The van der Waals surface area contributed by atoms with Gasteiger partial charge in [-0.05, 0) is 51.0 Å². The Morgan fingerprint density at radius 2 is 1.96 bits per heavy atom. The second kappa shape index (κ2) is 8.34. The quantitative estimate of drug-likeness (QED) is 0.623. The van der Waals surface area contributed by atoms with Crippen LogP contribution < -0.4 is 10.4 Å². The van der Waals surface area contributed by atoms with E-state index in [0.29, 0.717) is 17.9 Å². The first kappa shape index (κ1) is 17.0. The predicted octanol–water partition coefficient (Wildman–Crippen LogP) is 3.84. The van der Waals surface area contributed by atoms with E-state index in [-0.39, 0.29) is 12.2 Å². The summed E-state index contributed by atoms with van der Waals surface area (Å²) < 4.78 is 10.8. The van der Waals surface area contributed by atoms with Crippen LogP contribution in [-0.4, -0.2) is 18.3 Å². The summed E-state index contributed by atoms with van der Waals surface area (Å²) in [5.74, 6) is 0.673. The van der Waals surface area contributed by atoms with E-state index >= 15 is 0 Å². The lowest BCUT2D eigenvalue weighted by Gasteiger charge is -2.05. The third-order valence-corrected chi connectivity index (χ3v) is 3.56. The van der Waals surface area contributed by atoms with Crippen molar-refractivity contribution in [3.63, 3.8) is 0 Å². The minimum Gasteiger partial charge on any atom is -0.489 e. The second-order valence-corrected chi connectivity index (χ2v) is 5.56. The van der Waals surface area contributed by atoms with Crippen LogP contribution in [0.1, 0.15) is 26.7 Å². The Balaban J connectivity index is 1.90. The highest BCUT2D eigenvalue weighted by atomic mass is 16.5. The maximum Gasteiger partial charge on any atom is 0.336 e. The highest BCUT2D eigenvalue weighted by molar-refractivity contribution is 5.77. The molecule has 1 aromatic carbocycles. The molecule has 0 saturated carbocycles. The summed E-state index contributed by atoms with van der Waals surface area (Å²) in [4.78, 5) is 11.2. The molecule has 2 aromatic rings. The molecule has 1 aromatic heterocycles. The van der Waals surface area contributed by atoms with Crippen LogP contribution in [0.3, 0.4) is 0 Å². The fraction of sp³-hybridized carbons (Fsp3) is 0.316. The maximum atomic E-state index is 11.2. The molecule has 0 bridgehead atoms. The van der Waals surface area contributed by atoms with Gasteiger partial charge in [0.25, 0.3) is 0 Å². The van der Waals surface area contributed by atoms with Gasteiger partial charge in [0.05, 0.1) is 6.61 Å². The summed E-state index contributed by atoms with van der Waals surface area (Å²) in [6.45, 7) is 4.56. The van der Waals surface area contributed by atoms with Crippen LogP contribution in [0, 0.1) is 0 Å². The van der Waals surface area contributed by atoms with Crippen molar-refractivity contribution in [1.82, 2.24) is 0 Å². The van der Waals surface area contributed by atoms with E-state index in [1.165, 1.54) is 11.6 Å². The van der Waals surface area contributed by atoms with Gasteiger partial charge >= 0.3 is 5.63 Å². The van der Waals surface area contributed by atoms with Crippen molar-refractivity contribution in [1.29, 1.82) is 0 Å². The van der Waals surface area contributed by atoms with Gasteiger partial charge in [-0.2, -0.15) is 0 Å². The van der Waals surface area contributed by atoms with Crippen LogP contribution in [0.25, 0.3) is 11.0 Å². The fourth-order valence-electron chi connectivity index (χ4n) is 2.12. The number of hydrogen-bond acceptors (Lipinski definition) is 4. The molecule has 2 rings (SSSR count). The first-order chi connectivity index (χ1) is 11.1. The first-order valence-corrected chi connectivity index (χ1v) is 7.67. The molecular formula is C19H22O4. The lowest BCUT2D eigenvalue weighted by molar-refractivity contribution is 0.331. The largest absolute Gasteiger partial charge is 0.489 e. The molecule has 0 aliphatic carbocycles. The zero-order valence-electron chi connectivity index (χ0n) is 13.5. The number of aliphatic hydroxyl groups is 1. The molecule has 4 nitrogen and oxygen atoms in total. The number of benzene rings is 1. The molecule has 4 heteroatoms. The molecule has 0 unspecified atom stereocenters. The van der Waals surface area contributed by atoms with E-state index in [4.69, 9.17) is 14.3 Å². The second-order valence-electron chi connectivity index (χ2n) is 5.56. The van der Waals surface area contributed by atoms with E-state index in [0.717, 1.165) is 23.8 Å². The molecule has 0 fully saturated rings. The lowest BCUT2D eigenvalue weighted by Crippen LogP contribution is -1.97.